The highest BCUT2D eigenvalue weighted by atomic mass is 79.9. The van der Waals surface area contributed by atoms with E-state index in [2.05, 4.69) is 26.0 Å². The second kappa shape index (κ2) is 7.78. The van der Waals surface area contributed by atoms with Crippen LogP contribution in [0.3, 0.4) is 0 Å². The number of hydrogen-bond acceptors (Lipinski definition) is 4. The van der Waals surface area contributed by atoms with Crippen LogP contribution < -0.4 is 10.1 Å². The molecule has 5 nitrogen and oxygen atoms in total. The lowest BCUT2D eigenvalue weighted by Crippen LogP contribution is -2.20. The average Bonchev–Trinajstić information content (AvgIpc) is 2.56. The van der Waals surface area contributed by atoms with Crippen molar-refractivity contribution >= 4 is 33.5 Å². The van der Waals surface area contributed by atoms with E-state index in [9.17, 15) is 9.59 Å². The van der Waals surface area contributed by atoms with Gasteiger partial charge in [-0.1, -0.05) is 22.0 Å². The van der Waals surface area contributed by atoms with Gasteiger partial charge in [0, 0.05) is 10.2 Å². The molecule has 6 heteroatoms. The molecule has 0 saturated heterocycles. The molecule has 0 aromatic heterocycles. The first-order valence-corrected chi connectivity index (χ1v) is 7.66. The number of ether oxygens (including phenoxy) is 2. The van der Waals surface area contributed by atoms with E-state index in [0.717, 1.165) is 10.0 Å². The summed E-state index contributed by atoms with van der Waals surface area (Å²) in [4.78, 5) is 23.2. The maximum atomic E-state index is 11.9. The fraction of sp³-hybridized carbons (Fsp3) is 0.176. The monoisotopic (exact) mass is 377 g/mol. The van der Waals surface area contributed by atoms with Crippen LogP contribution in [0.5, 0.6) is 5.75 Å². The fourth-order valence-corrected chi connectivity index (χ4v) is 2.20. The van der Waals surface area contributed by atoms with Crippen LogP contribution in [0, 0.1) is 6.92 Å². The molecule has 1 N–H and O–H groups in total. The second-order valence-corrected chi connectivity index (χ2v) is 5.67. The minimum Gasteiger partial charge on any atom is -0.484 e. The number of halogens is 1. The molecule has 0 spiro atoms. The van der Waals surface area contributed by atoms with Gasteiger partial charge in [0.05, 0.1) is 12.7 Å². The highest BCUT2D eigenvalue weighted by molar-refractivity contribution is 9.10. The molecule has 2 rings (SSSR count). The van der Waals surface area contributed by atoms with Crippen LogP contribution in [0.1, 0.15) is 15.9 Å². The molecule has 2 aromatic carbocycles. The Morgan fingerprint density at radius 2 is 1.83 bits per heavy atom. The van der Waals surface area contributed by atoms with Crippen LogP contribution in [0.4, 0.5) is 5.69 Å². The molecule has 0 saturated carbocycles. The summed E-state index contributed by atoms with van der Waals surface area (Å²) in [5.41, 5.74) is 2.20. The number of anilines is 1. The van der Waals surface area contributed by atoms with Gasteiger partial charge in [-0.05, 0) is 48.9 Å². The third-order valence-electron chi connectivity index (χ3n) is 3.10. The van der Waals surface area contributed by atoms with Crippen molar-refractivity contribution in [2.45, 2.75) is 6.92 Å². The predicted molar refractivity (Wildman–Crippen MR) is 90.8 cm³/mol. The zero-order valence-corrected chi connectivity index (χ0v) is 14.3. The van der Waals surface area contributed by atoms with E-state index in [4.69, 9.17) is 4.74 Å². The lowest BCUT2D eigenvalue weighted by Gasteiger charge is -2.09. The summed E-state index contributed by atoms with van der Waals surface area (Å²) in [5, 5.41) is 2.75. The van der Waals surface area contributed by atoms with Gasteiger partial charge in [0.2, 0.25) is 0 Å². The molecular weight excluding hydrogens is 362 g/mol. The van der Waals surface area contributed by atoms with E-state index in [1.807, 2.05) is 25.1 Å². The number of carbonyl (C=O) groups is 2. The number of hydrogen-bond donors (Lipinski definition) is 1. The van der Waals surface area contributed by atoms with E-state index in [1.165, 1.54) is 7.11 Å². The van der Waals surface area contributed by atoms with Crippen LogP contribution in [-0.4, -0.2) is 25.6 Å². The molecule has 23 heavy (non-hydrogen) atoms. The predicted octanol–water partition coefficient (Wildman–Crippen LogP) is 3.56. The number of amides is 1. The molecular formula is C17H16BrNO4. The zero-order chi connectivity index (χ0) is 16.8. The Hall–Kier alpha value is -2.34. The Labute approximate surface area is 142 Å². The third kappa shape index (κ3) is 4.82. The molecule has 0 bridgehead atoms. The molecule has 0 atom stereocenters. The number of aryl methyl sites for hydroxylation is 1. The van der Waals surface area contributed by atoms with E-state index in [-0.39, 0.29) is 12.5 Å². The van der Waals surface area contributed by atoms with Crippen molar-refractivity contribution in [3.8, 4) is 5.75 Å². The van der Waals surface area contributed by atoms with Gasteiger partial charge in [-0.15, -0.1) is 0 Å². The molecule has 2 aromatic rings. The lowest BCUT2D eigenvalue weighted by molar-refractivity contribution is -0.118. The first kappa shape index (κ1) is 17.0. The largest absolute Gasteiger partial charge is 0.484 e. The number of esters is 1. The van der Waals surface area contributed by atoms with E-state index in [1.54, 1.807) is 24.3 Å². The fourth-order valence-electron chi connectivity index (χ4n) is 1.82. The van der Waals surface area contributed by atoms with E-state index >= 15 is 0 Å². The Kier molecular flexibility index (Phi) is 5.76. The van der Waals surface area contributed by atoms with Crippen molar-refractivity contribution < 1.29 is 19.1 Å². The SMILES string of the molecule is COC(=O)c1ccc(OCC(=O)Nc2ccc(C)c(Br)c2)cc1. The number of carbonyl (C=O) groups excluding carboxylic acids is 2. The molecule has 1 amide bonds. The minimum atomic E-state index is -0.417. The summed E-state index contributed by atoms with van der Waals surface area (Å²) >= 11 is 3.42. The van der Waals surface area contributed by atoms with Crippen molar-refractivity contribution in [3.05, 3.63) is 58.1 Å². The van der Waals surface area contributed by atoms with Gasteiger partial charge < -0.3 is 14.8 Å². The summed E-state index contributed by atoms with van der Waals surface area (Å²) in [6, 6.07) is 11.9. The Bertz CT molecular complexity index is 713. The molecule has 0 aliphatic carbocycles. The molecule has 0 heterocycles. The van der Waals surface area contributed by atoms with Gasteiger partial charge in [-0.2, -0.15) is 0 Å². The highest BCUT2D eigenvalue weighted by Crippen LogP contribution is 2.20. The quantitative estimate of drug-likeness (QED) is 0.809. The highest BCUT2D eigenvalue weighted by Gasteiger charge is 2.07. The third-order valence-corrected chi connectivity index (χ3v) is 3.96. The van der Waals surface area contributed by atoms with Crippen molar-refractivity contribution in [2.75, 3.05) is 19.0 Å². The number of rotatable bonds is 5. The van der Waals surface area contributed by atoms with Crippen LogP contribution in [0.2, 0.25) is 0 Å². The summed E-state index contributed by atoms with van der Waals surface area (Å²) in [7, 11) is 1.32. The Balaban J connectivity index is 1.88. The molecule has 0 aliphatic rings. The van der Waals surface area contributed by atoms with Gasteiger partial charge in [-0.25, -0.2) is 4.79 Å². The van der Waals surface area contributed by atoms with Crippen molar-refractivity contribution in [3.63, 3.8) is 0 Å². The average molecular weight is 378 g/mol. The van der Waals surface area contributed by atoms with Crippen molar-refractivity contribution in [1.82, 2.24) is 0 Å². The second-order valence-electron chi connectivity index (χ2n) is 4.82. The van der Waals surface area contributed by atoms with Crippen molar-refractivity contribution in [2.24, 2.45) is 0 Å². The lowest BCUT2D eigenvalue weighted by atomic mass is 10.2. The maximum absolute atomic E-state index is 11.9. The maximum Gasteiger partial charge on any atom is 0.337 e. The zero-order valence-electron chi connectivity index (χ0n) is 12.8. The minimum absolute atomic E-state index is 0.122. The molecule has 0 fully saturated rings. The first-order chi connectivity index (χ1) is 11.0. The summed E-state index contributed by atoms with van der Waals surface area (Å²) in [5.74, 6) is -0.185. The Morgan fingerprint density at radius 3 is 2.43 bits per heavy atom. The summed E-state index contributed by atoms with van der Waals surface area (Å²) in [6.07, 6.45) is 0. The summed E-state index contributed by atoms with van der Waals surface area (Å²) < 4.78 is 10.9. The standard InChI is InChI=1S/C17H16BrNO4/c1-11-3-6-13(9-15(11)18)19-16(20)10-23-14-7-4-12(5-8-14)17(21)22-2/h3-9H,10H2,1-2H3,(H,19,20). The molecule has 0 radical (unpaired) electrons. The molecule has 120 valence electrons. The topological polar surface area (TPSA) is 64.6 Å². The van der Waals surface area contributed by atoms with Gasteiger partial charge in [0.1, 0.15) is 5.75 Å². The van der Waals surface area contributed by atoms with E-state index in [0.29, 0.717) is 17.0 Å². The van der Waals surface area contributed by atoms with Gasteiger partial charge in [-0.3, -0.25) is 4.79 Å². The normalized spacial score (nSPS) is 10.0. The summed E-state index contributed by atoms with van der Waals surface area (Å²) in [6.45, 7) is 1.85. The van der Waals surface area contributed by atoms with Gasteiger partial charge in [0.25, 0.3) is 5.91 Å². The first-order valence-electron chi connectivity index (χ1n) is 6.87. The van der Waals surface area contributed by atoms with Crippen LogP contribution >= 0.6 is 15.9 Å². The van der Waals surface area contributed by atoms with Gasteiger partial charge in [0.15, 0.2) is 6.61 Å². The smallest absolute Gasteiger partial charge is 0.337 e. The molecule has 0 unspecified atom stereocenters. The number of nitrogens with one attached hydrogen (secondary N) is 1. The number of benzene rings is 2. The van der Waals surface area contributed by atoms with E-state index < -0.39 is 5.97 Å². The Morgan fingerprint density at radius 1 is 1.13 bits per heavy atom. The van der Waals surface area contributed by atoms with Crippen LogP contribution in [0.25, 0.3) is 0 Å². The van der Waals surface area contributed by atoms with Gasteiger partial charge >= 0.3 is 5.97 Å². The van der Waals surface area contributed by atoms with Crippen LogP contribution in [0.15, 0.2) is 46.9 Å². The number of methoxy groups -OCH3 is 1. The van der Waals surface area contributed by atoms with Crippen molar-refractivity contribution in [1.29, 1.82) is 0 Å². The molecule has 0 aliphatic heterocycles. The van der Waals surface area contributed by atoms with Crippen LogP contribution in [-0.2, 0) is 9.53 Å².